The summed E-state index contributed by atoms with van der Waals surface area (Å²) in [6.45, 7) is 7.07. The van der Waals surface area contributed by atoms with E-state index in [1.807, 2.05) is 33.3 Å². The van der Waals surface area contributed by atoms with Crippen molar-refractivity contribution in [2.24, 2.45) is 0 Å². The molecule has 0 heterocycles. The van der Waals surface area contributed by atoms with Crippen LogP contribution < -0.4 is 5.32 Å². The van der Waals surface area contributed by atoms with Crippen LogP contribution in [-0.4, -0.2) is 74.3 Å². The molecule has 0 spiro atoms. The van der Waals surface area contributed by atoms with Crippen molar-refractivity contribution in [3.05, 3.63) is 24.3 Å². The number of unbranched alkanes of at least 4 members (excludes halogenated alkanes) is 45. The summed E-state index contributed by atoms with van der Waals surface area (Å²) in [6, 6.07) is -0.844. The van der Waals surface area contributed by atoms with Crippen LogP contribution in [-0.2, 0) is 27.9 Å². The molecule has 0 aliphatic rings. The van der Waals surface area contributed by atoms with Gasteiger partial charge in [-0.15, -0.1) is 0 Å². The average Bonchev–Trinajstić information content (AvgIpc) is 3.40. The van der Waals surface area contributed by atoms with Gasteiger partial charge in [-0.1, -0.05) is 302 Å². The van der Waals surface area contributed by atoms with Gasteiger partial charge < -0.3 is 19.4 Å². The molecule has 9 nitrogen and oxygen atoms in total. The molecular formula is C68H134N2O7P+. The maximum absolute atomic E-state index is 13.6. The van der Waals surface area contributed by atoms with Crippen LogP contribution in [0.3, 0.4) is 0 Å². The second-order valence-corrected chi connectivity index (χ2v) is 26.2. The number of phosphoric acid groups is 1. The number of carbonyl (C=O) groups excluding carboxylic acids is 2. The van der Waals surface area contributed by atoms with Gasteiger partial charge in [0.2, 0.25) is 5.91 Å². The first-order valence-corrected chi connectivity index (χ1v) is 35.7. The number of allylic oxidation sites excluding steroid dienone is 3. The van der Waals surface area contributed by atoms with E-state index >= 15 is 0 Å². The number of hydrogen-bond donors (Lipinski definition) is 2. The number of carbonyl (C=O) groups is 2. The highest BCUT2D eigenvalue weighted by Crippen LogP contribution is 2.43. The van der Waals surface area contributed by atoms with Crippen LogP contribution in [0.15, 0.2) is 24.3 Å². The normalized spacial score (nSPS) is 13.7. The summed E-state index contributed by atoms with van der Waals surface area (Å²) < 4.78 is 30.8. The molecule has 78 heavy (non-hydrogen) atoms. The molecule has 2 N–H and O–H groups in total. The molecule has 0 aromatic rings. The van der Waals surface area contributed by atoms with Crippen LogP contribution in [0, 0.1) is 0 Å². The summed E-state index contributed by atoms with van der Waals surface area (Å²) in [7, 11) is 1.51. The molecule has 3 atom stereocenters. The fourth-order valence-corrected chi connectivity index (χ4v) is 11.1. The zero-order valence-electron chi connectivity index (χ0n) is 52.9. The van der Waals surface area contributed by atoms with E-state index in [-0.39, 0.29) is 25.1 Å². The summed E-state index contributed by atoms with van der Waals surface area (Å²) in [5, 5.41) is 3.07. The standard InChI is InChI=1S/C68H133N2O7P/c1-7-10-13-16-19-22-25-28-30-32-34-35-37-38-40-42-45-48-51-54-57-60-67(71)69-65(64-76-78(73,74)75-63-62-70(4,5)6)66(59-56-53-50-47-44-27-24-21-18-15-12-9-3)77-68(72)61-58-55-52-49-46-43-41-39-36-33-31-29-26-23-20-17-14-11-8-2/h29,31,56,59,65-66H,7-28,30,32-55,57-58,60-64H2,1-6H3,(H-,69,71,73,74)/p+1/b31-29+,59-56+. The Kier molecular flexibility index (Phi) is 57.5. The van der Waals surface area contributed by atoms with Crippen LogP contribution >= 0.6 is 7.82 Å². The first-order chi connectivity index (χ1) is 37.9. The third kappa shape index (κ3) is 59.1. The van der Waals surface area contributed by atoms with Crippen molar-refractivity contribution in [2.45, 2.75) is 360 Å². The summed E-state index contributed by atoms with van der Waals surface area (Å²) >= 11 is 0. The van der Waals surface area contributed by atoms with Crippen molar-refractivity contribution < 1.29 is 37.3 Å². The predicted molar refractivity (Wildman–Crippen MR) is 337 cm³/mol. The van der Waals surface area contributed by atoms with Crippen molar-refractivity contribution in [3.63, 3.8) is 0 Å². The summed E-state index contributed by atoms with van der Waals surface area (Å²) in [5.41, 5.74) is 0. The lowest BCUT2D eigenvalue weighted by Crippen LogP contribution is -2.47. The first kappa shape index (κ1) is 76.5. The minimum Gasteiger partial charge on any atom is -0.456 e. The summed E-state index contributed by atoms with van der Waals surface area (Å²) in [5.74, 6) is -0.487. The topological polar surface area (TPSA) is 111 Å². The molecule has 0 saturated carbocycles. The van der Waals surface area contributed by atoms with E-state index in [4.69, 9.17) is 13.8 Å². The van der Waals surface area contributed by atoms with Gasteiger partial charge >= 0.3 is 13.8 Å². The highest BCUT2D eigenvalue weighted by molar-refractivity contribution is 7.47. The predicted octanol–water partition coefficient (Wildman–Crippen LogP) is 21.3. The maximum atomic E-state index is 13.6. The quantitative estimate of drug-likeness (QED) is 0.0205. The number of likely N-dealkylation sites (N-methyl/N-ethyl adjacent to an activating group) is 1. The smallest absolute Gasteiger partial charge is 0.456 e. The van der Waals surface area contributed by atoms with Crippen LogP contribution in [0.25, 0.3) is 0 Å². The lowest BCUT2D eigenvalue weighted by Gasteiger charge is -2.27. The molecule has 0 saturated heterocycles. The van der Waals surface area contributed by atoms with Crippen molar-refractivity contribution >= 4 is 19.7 Å². The number of nitrogens with one attached hydrogen (secondary N) is 1. The Labute approximate surface area is 485 Å². The van der Waals surface area contributed by atoms with Crippen LogP contribution in [0.1, 0.15) is 348 Å². The second-order valence-electron chi connectivity index (χ2n) is 24.7. The first-order valence-electron chi connectivity index (χ1n) is 34.2. The van der Waals surface area contributed by atoms with E-state index in [0.717, 1.165) is 57.8 Å². The van der Waals surface area contributed by atoms with Gasteiger partial charge in [-0.05, 0) is 57.4 Å². The highest BCUT2D eigenvalue weighted by Gasteiger charge is 2.30. The third-order valence-corrected chi connectivity index (χ3v) is 16.6. The average molecular weight is 1120 g/mol. The number of esters is 1. The highest BCUT2D eigenvalue weighted by atomic mass is 31.2. The molecule has 0 rings (SSSR count). The Morgan fingerprint density at radius 3 is 1.09 bits per heavy atom. The Bertz CT molecular complexity index is 1380. The molecule has 462 valence electrons. The zero-order valence-corrected chi connectivity index (χ0v) is 53.8. The van der Waals surface area contributed by atoms with Crippen LogP contribution in [0.2, 0.25) is 0 Å². The largest absolute Gasteiger partial charge is 0.472 e. The number of nitrogens with zero attached hydrogens (tertiary/aromatic N) is 1. The molecule has 0 fully saturated rings. The Balaban J connectivity index is 5.11. The Morgan fingerprint density at radius 2 is 0.744 bits per heavy atom. The maximum Gasteiger partial charge on any atom is 0.472 e. The monoisotopic (exact) mass is 1120 g/mol. The van der Waals surface area contributed by atoms with Gasteiger partial charge in [0.05, 0.1) is 33.8 Å². The van der Waals surface area contributed by atoms with Gasteiger partial charge in [0, 0.05) is 12.8 Å². The molecular weight excluding hydrogens is 988 g/mol. The van der Waals surface area contributed by atoms with Gasteiger partial charge in [-0.3, -0.25) is 18.6 Å². The fraction of sp³-hybridized carbons (Fsp3) is 0.912. The molecule has 0 aliphatic heterocycles. The minimum atomic E-state index is -4.45. The van der Waals surface area contributed by atoms with Crippen molar-refractivity contribution in [1.82, 2.24) is 5.32 Å². The van der Waals surface area contributed by atoms with Gasteiger partial charge in [-0.2, -0.15) is 0 Å². The SMILES string of the molecule is CCCCCCCC/C=C/CCCCCCCCCCCC(=O)OC(/C=C/CCCCCCCCCCCC)C(COP(=O)(O)OCC[N+](C)(C)C)NC(=O)CCCCCCCCCCCCCCCCCCCCCCC. The van der Waals surface area contributed by atoms with Gasteiger partial charge in [-0.25, -0.2) is 4.57 Å². The van der Waals surface area contributed by atoms with E-state index in [2.05, 4.69) is 38.2 Å². The molecule has 1 amide bonds. The van der Waals surface area contributed by atoms with E-state index in [1.54, 1.807) is 0 Å². The molecule has 0 aromatic carbocycles. The minimum absolute atomic E-state index is 0.0439. The molecule has 0 radical (unpaired) electrons. The van der Waals surface area contributed by atoms with E-state index in [1.165, 1.54) is 257 Å². The summed E-state index contributed by atoms with van der Waals surface area (Å²) in [6.07, 6.45) is 70.4. The number of phosphoric ester groups is 1. The molecule has 3 unspecified atom stereocenters. The van der Waals surface area contributed by atoms with E-state index in [0.29, 0.717) is 23.9 Å². The fourth-order valence-electron chi connectivity index (χ4n) is 10.4. The molecule has 0 bridgehead atoms. The van der Waals surface area contributed by atoms with E-state index < -0.39 is 20.0 Å². The lowest BCUT2D eigenvalue weighted by molar-refractivity contribution is -0.870. The summed E-state index contributed by atoms with van der Waals surface area (Å²) in [4.78, 5) is 37.8. The van der Waals surface area contributed by atoms with Crippen LogP contribution in [0.4, 0.5) is 0 Å². The van der Waals surface area contributed by atoms with Crippen molar-refractivity contribution in [2.75, 3.05) is 40.9 Å². The molecule has 10 heteroatoms. The number of hydrogen-bond acceptors (Lipinski definition) is 6. The molecule has 0 aliphatic carbocycles. The number of quaternary nitrogens is 1. The zero-order chi connectivity index (χ0) is 57.2. The number of amides is 1. The second kappa shape index (κ2) is 58.7. The Hall–Kier alpha value is -1.51. The van der Waals surface area contributed by atoms with Gasteiger partial charge in [0.1, 0.15) is 19.3 Å². The van der Waals surface area contributed by atoms with Crippen LogP contribution in [0.5, 0.6) is 0 Å². The van der Waals surface area contributed by atoms with Crippen molar-refractivity contribution in [1.29, 1.82) is 0 Å². The van der Waals surface area contributed by atoms with Gasteiger partial charge in [0.25, 0.3) is 0 Å². The van der Waals surface area contributed by atoms with Gasteiger partial charge in [0.15, 0.2) is 0 Å². The Morgan fingerprint density at radius 1 is 0.436 bits per heavy atom. The van der Waals surface area contributed by atoms with E-state index in [9.17, 15) is 19.0 Å². The number of rotatable bonds is 63. The lowest BCUT2D eigenvalue weighted by atomic mass is 10.0. The van der Waals surface area contributed by atoms with Crippen molar-refractivity contribution in [3.8, 4) is 0 Å². The number of ether oxygens (including phenoxy) is 1. The molecule has 0 aromatic heterocycles. The third-order valence-electron chi connectivity index (χ3n) is 15.6.